The molecule has 4 rings (SSSR count). The van der Waals surface area contributed by atoms with Crippen LogP contribution in [0.1, 0.15) is 10.4 Å². The number of methoxy groups -OCH3 is 1. The molecule has 0 saturated carbocycles. The predicted molar refractivity (Wildman–Crippen MR) is 125 cm³/mol. The number of aromatic nitrogens is 2. The Labute approximate surface area is 191 Å². The number of nitrogens with one attached hydrogen (secondary N) is 2. The third kappa shape index (κ3) is 5.48. The number of nitrogens with zero attached hydrogens (tertiary/aromatic N) is 2. The van der Waals surface area contributed by atoms with E-state index in [-0.39, 0.29) is 18.4 Å². The minimum Gasteiger partial charge on any atom is -0.497 e. The third-order valence-electron chi connectivity index (χ3n) is 4.25. The number of carbonyl (C=O) groups excluding carboxylic acids is 2. The van der Waals surface area contributed by atoms with Crippen molar-refractivity contribution < 1.29 is 19.1 Å². The van der Waals surface area contributed by atoms with Gasteiger partial charge in [-0.2, -0.15) is 11.3 Å². The Morgan fingerprint density at radius 2 is 1.84 bits per heavy atom. The summed E-state index contributed by atoms with van der Waals surface area (Å²) in [6.45, 7) is -0.168. The number of hydrogen-bond acceptors (Lipinski definition) is 8. The van der Waals surface area contributed by atoms with Gasteiger partial charge in [-0.3, -0.25) is 14.9 Å². The number of hydrogen-bond donors (Lipinski definition) is 2. The van der Waals surface area contributed by atoms with E-state index in [1.54, 1.807) is 67.0 Å². The van der Waals surface area contributed by atoms with Crippen molar-refractivity contribution >= 4 is 45.3 Å². The SMILES string of the molecule is COc1cccc(NC(=O)COc2ccc(C(=O)Nc3nnc(-c4ccsc4)s3)cc2)c1. The highest BCUT2D eigenvalue weighted by atomic mass is 32.1. The van der Waals surface area contributed by atoms with Gasteiger partial charge in [0.25, 0.3) is 11.8 Å². The summed E-state index contributed by atoms with van der Waals surface area (Å²) >= 11 is 2.88. The Morgan fingerprint density at radius 3 is 2.59 bits per heavy atom. The highest BCUT2D eigenvalue weighted by molar-refractivity contribution is 7.19. The van der Waals surface area contributed by atoms with Crippen molar-refractivity contribution in [2.45, 2.75) is 0 Å². The second kappa shape index (κ2) is 10.0. The van der Waals surface area contributed by atoms with E-state index in [0.29, 0.717) is 27.9 Å². The number of thiophene rings is 1. The second-order valence-corrected chi connectivity index (χ2v) is 8.23. The molecular formula is C22H18N4O4S2. The first-order chi connectivity index (χ1) is 15.6. The number of carbonyl (C=O) groups is 2. The fourth-order valence-corrected chi connectivity index (χ4v) is 4.15. The van der Waals surface area contributed by atoms with Crippen molar-refractivity contribution in [3.63, 3.8) is 0 Å². The topological polar surface area (TPSA) is 102 Å². The molecule has 2 aromatic heterocycles. The van der Waals surface area contributed by atoms with Gasteiger partial charge in [-0.25, -0.2) is 0 Å². The molecule has 0 aliphatic rings. The molecule has 0 fully saturated rings. The molecule has 4 aromatic rings. The van der Waals surface area contributed by atoms with Crippen molar-refractivity contribution in [3.8, 4) is 22.1 Å². The van der Waals surface area contributed by atoms with Crippen molar-refractivity contribution in [2.75, 3.05) is 24.4 Å². The maximum Gasteiger partial charge on any atom is 0.262 e. The van der Waals surface area contributed by atoms with Crippen molar-refractivity contribution in [2.24, 2.45) is 0 Å². The average molecular weight is 467 g/mol. The summed E-state index contributed by atoms with van der Waals surface area (Å²) in [7, 11) is 1.56. The van der Waals surface area contributed by atoms with E-state index in [4.69, 9.17) is 9.47 Å². The Kier molecular flexibility index (Phi) is 6.73. The molecule has 2 amide bonds. The van der Waals surface area contributed by atoms with Gasteiger partial charge in [0.2, 0.25) is 5.13 Å². The largest absolute Gasteiger partial charge is 0.497 e. The van der Waals surface area contributed by atoms with Gasteiger partial charge in [0.05, 0.1) is 7.11 Å². The lowest BCUT2D eigenvalue weighted by Gasteiger charge is -2.09. The van der Waals surface area contributed by atoms with Crippen LogP contribution >= 0.6 is 22.7 Å². The van der Waals surface area contributed by atoms with Crippen LogP contribution in [-0.4, -0.2) is 35.7 Å². The van der Waals surface area contributed by atoms with Gasteiger partial charge in [-0.15, -0.1) is 10.2 Å². The fraction of sp³-hybridized carbons (Fsp3) is 0.0909. The van der Waals surface area contributed by atoms with Crippen molar-refractivity contribution in [1.29, 1.82) is 0 Å². The number of anilines is 2. The molecule has 0 atom stereocenters. The van der Waals surface area contributed by atoms with Crippen LogP contribution in [0.5, 0.6) is 11.5 Å². The number of rotatable bonds is 8. The smallest absolute Gasteiger partial charge is 0.262 e. The summed E-state index contributed by atoms with van der Waals surface area (Å²) in [5.74, 6) is 0.505. The zero-order valence-corrected chi connectivity index (χ0v) is 18.5. The molecular weight excluding hydrogens is 448 g/mol. The monoisotopic (exact) mass is 466 g/mol. The van der Waals surface area contributed by atoms with Gasteiger partial charge in [0, 0.05) is 28.3 Å². The Hall–Kier alpha value is -3.76. The normalized spacial score (nSPS) is 10.4. The van der Waals surface area contributed by atoms with E-state index >= 15 is 0 Å². The summed E-state index contributed by atoms with van der Waals surface area (Å²) in [6, 6.07) is 15.5. The number of amides is 2. The highest BCUT2D eigenvalue weighted by Gasteiger charge is 2.12. The lowest BCUT2D eigenvalue weighted by molar-refractivity contribution is -0.118. The molecule has 2 aromatic carbocycles. The molecule has 0 aliphatic heterocycles. The quantitative estimate of drug-likeness (QED) is 0.395. The standard InChI is InChI=1S/C22H18N4O4S2/c1-29-18-4-2-3-16(11-18)23-19(27)12-30-17-7-5-14(6-8-17)20(28)24-22-26-25-21(32-22)15-9-10-31-13-15/h2-11,13H,12H2,1H3,(H,23,27)(H,24,26,28). The van der Waals surface area contributed by atoms with Crippen LogP contribution < -0.4 is 20.1 Å². The summed E-state index contributed by atoms with van der Waals surface area (Å²) in [5.41, 5.74) is 2.03. The fourth-order valence-electron chi connectivity index (χ4n) is 2.70. The molecule has 10 heteroatoms. The summed E-state index contributed by atoms with van der Waals surface area (Å²) < 4.78 is 10.6. The first-order valence-electron chi connectivity index (χ1n) is 9.45. The van der Waals surface area contributed by atoms with Crippen LogP contribution in [0.3, 0.4) is 0 Å². The van der Waals surface area contributed by atoms with Crippen LogP contribution in [0.2, 0.25) is 0 Å². The maximum absolute atomic E-state index is 12.5. The van der Waals surface area contributed by atoms with Gasteiger partial charge in [0.1, 0.15) is 16.5 Å². The molecule has 0 spiro atoms. The third-order valence-corrected chi connectivity index (χ3v) is 5.82. The lowest BCUT2D eigenvalue weighted by Crippen LogP contribution is -2.20. The van der Waals surface area contributed by atoms with Gasteiger partial charge in [-0.05, 0) is 47.8 Å². The second-order valence-electron chi connectivity index (χ2n) is 6.47. The van der Waals surface area contributed by atoms with Gasteiger partial charge in [0.15, 0.2) is 6.61 Å². The van der Waals surface area contributed by atoms with Crippen LogP contribution in [-0.2, 0) is 4.79 Å². The van der Waals surface area contributed by atoms with Gasteiger partial charge < -0.3 is 14.8 Å². The first-order valence-corrected chi connectivity index (χ1v) is 11.2. The predicted octanol–water partition coefficient (Wildman–Crippen LogP) is 4.55. The zero-order valence-electron chi connectivity index (χ0n) is 16.9. The molecule has 162 valence electrons. The van der Waals surface area contributed by atoms with Crippen LogP contribution in [0.25, 0.3) is 10.6 Å². The highest BCUT2D eigenvalue weighted by Crippen LogP contribution is 2.28. The molecule has 0 unspecified atom stereocenters. The number of benzene rings is 2. The zero-order chi connectivity index (χ0) is 22.3. The van der Waals surface area contributed by atoms with E-state index in [9.17, 15) is 9.59 Å². The molecule has 8 nitrogen and oxygen atoms in total. The Bertz CT molecular complexity index is 1210. The number of ether oxygens (including phenoxy) is 2. The molecule has 2 heterocycles. The molecule has 0 aliphatic carbocycles. The average Bonchev–Trinajstić information content (AvgIpc) is 3.50. The van der Waals surface area contributed by atoms with E-state index in [2.05, 4.69) is 20.8 Å². The molecule has 0 saturated heterocycles. The van der Waals surface area contributed by atoms with E-state index in [0.717, 1.165) is 10.6 Å². The first kappa shape index (κ1) is 21.5. The molecule has 0 radical (unpaired) electrons. The lowest BCUT2D eigenvalue weighted by atomic mass is 10.2. The Morgan fingerprint density at radius 1 is 1.00 bits per heavy atom. The molecule has 32 heavy (non-hydrogen) atoms. The summed E-state index contributed by atoms with van der Waals surface area (Å²) in [4.78, 5) is 24.6. The Balaban J connectivity index is 1.29. The van der Waals surface area contributed by atoms with Crippen LogP contribution in [0.4, 0.5) is 10.8 Å². The molecule has 0 bridgehead atoms. The molecule has 2 N–H and O–H groups in total. The maximum atomic E-state index is 12.5. The van der Waals surface area contributed by atoms with Gasteiger partial charge in [-0.1, -0.05) is 17.4 Å². The summed E-state index contributed by atoms with van der Waals surface area (Å²) in [5, 5.41) is 18.7. The van der Waals surface area contributed by atoms with E-state index in [1.165, 1.54) is 11.3 Å². The van der Waals surface area contributed by atoms with E-state index in [1.807, 2.05) is 16.8 Å². The van der Waals surface area contributed by atoms with E-state index < -0.39 is 0 Å². The van der Waals surface area contributed by atoms with Gasteiger partial charge >= 0.3 is 0 Å². The van der Waals surface area contributed by atoms with Crippen LogP contribution in [0, 0.1) is 0 Å². The van der Waals surface area contributed by atoms with Crippen molar-refractivity contribution in [3.05, 3.63) is 70.9 Å². The minimum atomic E-state index is -0.308. The minimum absolute atomic E-state index is 0.168. The van der Waals surface area contributed by atoms with Crippen LogP contribution in [0.15, 0.2) is 65.4 Å². The summed E-state index contributed by atoms with van der Waals surface area (Å²) in [6.07, 6.45) is 0. The van der Waals surface area contributed by atoms with Crippen molar-refractivity contribution in [1.82, 2.24) is 10.2 Å².